The molecule has 2 rings (SSSR count). The first kappa shape index (κ1) is 18.1. The lowest BCUT2D eigenvalue weighted by Gasteiger charge is -2.16. The Hall–Kier alpha value is -2.24. The molecule has 1 aliphatic carbocycles. The van der Waals surface area contributed by atoms with Crippen LogP contribution in [0.5, 0.6) is 11.5 Å². The quantitative estimate of drug-likeness (QED) is 0.619. The number of ether oxygens (including phenoxy) is 2. The van der Waals surface area contributed by atoms with Crippen molar-refractivity contribution < 1.29 is 19.1 Å². The van der Waals surface area contributed by atoms with Gasteiger partial charge >= 0.3 is 0 Å². The van der Waals surface area contributed by atoms with Gasteiger partial charge in [0.2, 0.25) is 11.8 Å². The molecule has 132 valence electrons. The van der Waals surface area contributed by atoms with Crippen LogP contribution in [0.25, 0.3) is 0 Å². The number of methoxy groups -OCH3 is 2. The van der Waals surface area contributed by atoms with Crippen LogP contribution in [-0.2, 0) is 9.59 Å². The van der Waals surface area contributed by atoms with Crippen LogP contribution in [0.1, 0.15) is 44.9 Å². The first-order chi connectivity index (χ1) is 11.6. The summed E-state index contributed by atoms with van der Waals surface area (Å²) in [5, 5.41) is 5.69. The molecular formula is C18H26N2O4. The number of nitrogens with one attached hydrogen (secondary N) is 2. The molecule has 0 saturated heterocycles. The summed E-state index contributed by atoms with van der Waals surface area (Å²) >= 11 is 0. The maximum Gasteiger partial charge on any atom is 0.233 e. The van der Waals surface area contributed by atoms with E-state index < -0.39 is 0 Å². The van der Waals surface area contributed by atoms with Crippen LogP contribution in [0, 0.1) is 0 Å². The number of hydrogen-bond acceptors (Lipinski definition) is 4. The summed E-state index contributed by atoms with van der Waals surface area (Å²) in [5.74, 6) is 0.549. The van der Waals surface area contributed by atoms with Crippen molar-refractivity contribution in [1.82, 2.24) is 5.32 Å². The van der Waals surface area contributed by atoms with E-state index in [1.165, 1.54) is 20.0 Å². The van der Waals surface area contributed by atoms with Gasteiger partial charge in [-0.15, -0.1) is 0 Å². The van der Waals surface area contributed by atoms with E-state index in [2.05, 4.69) is 10.6 Å². The Bertz CT molecular complexity index is 566. The fourth-order valence-corrected chi connectivity index (χ4v) is 2.97. The molecule has 0 bridgehead atoms. The number of rotatable bonds is 6. The Labute approximate surface area is 142 Å². The Morgan fingerprint density at radius 2 is 1.67 bits per heavy atom. The van der Waals surface area contributed by atoms with Crippen molar-refractivity contribution in [2.24, 2.45) is 0 Å². The Balaban J connectivity index is 1.84. The van der Waals surface area contributed by atoms with E-state index >= 15 is 0 Å². The standard InChI is InChI=1S/C18H26N2O4/c1-23-15-10-9-14(11-16(15)24-2)20-18(22)12-17(21)19-13-7-5-3-4-6-8-13/h9-11,13H,3-8,12H2,1-2H3,(H,19,21)(H,20,22). The molecule has 24 heavy (non-hydrogen) atoms. The van der Waals surface area contributed by atoms with Gasteiger partial charge in [-0.05, 0) is 25.0 Å². The highest BCUT2D eigenvalue weighted by atomic mass is 16.5. The van der Waals surface area contributed by atoms with Crippen LogP contribution in [0.4, 0.5) is 5.69 Å². The highest BCUT2D eigenvalue weighted by Gasteiger charge is 2.17. The Morgan fingerprint density at radius 3 is 2.29 bits per heavy atom. The van der Waals surface area contributed by atoms with Gasteiger partial charge in [0.05, 0.1) is 14.2 Å². The van der Waals surface area contributed by atoms with Crippen molar-refractivity contribution in [3.8, 4) is 11.5 Å². The highest BCUT2D eigenvalue weighted by molar-refractivity contribution is 6.03. The summed E-state index contributed by atoms with van der Waals surface area (Å²) in [6.07, 6.45) is 6.57. The summed E-state index contributed by atoms with van der Waals surface area (Å²) in [6, 6.07) is 5.29. The van der Waals surface area contributed by atoms with E-state index in [9.17, 15) is 9.59 Å². The molecule has 0 heterocycles. The first-order valence-corrected chi connectivity index (χ1v) is 8.43. The van der Waals surface area contributed by atoms with Crippen molar-refractivity contribution in [2.75, 3.05) is 19.5 Å². The Morgan fingerprint density at radius 1 is 1.00 bits per heavy atom. The summed E-state index contributed by atoms with van der Waals surface area (Å²) in [4.78, 5) is 24.1. The molecule has 0 unspecified atom stereocenters. The van der Waals surface area contributed by atoms with Gasteiger partial charge in [-0.25, -0.2) is 0 Å². The first-order valence-electron chi connectivity index (χ1n) is 8.43. The van der Waals surface area contributed by atoms with Gasteiger partial charge in [0, 0.05) is 17.8 Å². The minimum Gasteiger partial charge on any atom is -0.493 e. The third kappa shape index (κ3) is 5.44. The molecule has 0 atom stereocenters. The van der Waals surface area contributed by atoms with Gasteiger partial charge in [0.1, 0.15) is 6.42 Å². The van der Waals surface area contributed by atoms with Crippen LogP contribution in [-0.4, -0.2) is 32.1 Å². The summed E-state index contributed by atoms with van der Waals surface area (Å²) in [5.41, 5.74) is 0.569. The lowest BCUT2D eigenvalue weighted by atomic mass is 10.1. The average Bonchev–Trinajstić information content (AvgIpc) is 2.83. The van der Waals surface area contributed by atoms with Gasteiger partial charge in [-0.3, -0.25) is 9.59 Å². The minimum absolute atomic E-state index is 0.176. The predicted octanol–water partition coefficient (Wildman–Crippen LogP) is 2.87. The van der Waals surface area contributed by atoms with Gasteiger partial charge < -0.3 is 20.1 Å². The minimum atomic E-state index is -0.339. The average molecular weight is 334 g/mol. The van der Waals surface area contributed by atoms with Crippen molar-refractivity contribution in [2.45, 2.75) is 51.0 Å². The number of hydrogen-bond donors (Lipinski definition) is 2. The van der Waals surface area contributed by atoms with Crippen molar-refractivity contribution in [3.05, 3.63) is 18.2 Å². The summed E-state index contributed by atoms with van der Waals surface area (Å²) in [6.45, 7) is 0. The van der Waals surface area contributed by atoms with Crippen LogP contribution >= 0.6 is 0 Å². The second-order valence-electron chi connectivity index (χ2n) is 6.05. The van der Waals surface area contributed by atoms with E-state index in [-0.39, 0.29) is 24.3 Å². The molecule has 1 fully saturated rings. The third-order valence-corrected chi connectivity index (χ3v) is 4.21. The molecule has 0 radical (unpaired) electrons. The maximum absolute atomic E-state index is 12.0. The number of amides is 2. The maximum atomic E-state index is 12.0. The number of anilines is 1. The number of benzene rings is 1. The predicted molar refractivity (Wildman–Crippen MR) is 92.4 cm³/mol. The molecule has 6 nitrogen and oxygen atoms in total. The monoisotopic (exact) mass is 334 g/mol. The Kier molecular flexibility index (Phi) is 6.90. The number of carbonyl (C=O) groups is 2. The third-order valence-electron chi connectivity index (χ3n) is 4.21. The fraction of sp³-hybridized carbons (Fsp3) is 0.556. The summed E-state index contributed by atoms with van der Waals surface area (Å²) in [7, 11) is 3.08. The zero-order chi connectivity index (χ0) is 17.4. The molecule has 0 spiro atoms. The van der Waals surface area contributed by atoms with E-state index in [1.54, 1.807) is 25.3 Å². The molecule has 6 heteroatoms. The fourth-order valence-electron chi connectivity index (χ4n) is 2.97. The molecule has 1 aliphatic rings. The second kappa shape index (κ2) is 9.15. The molecule has 0 aromatic heterocycles. The van der Waals surface area contributed by atoms with E-state index in [1.807, 2.05) is 0 Å². The van der Waals surface area contributed by atoms with E-state index in [0.29, 0.717) is 17.2 Å². The zero-order valence-corrected chi connectivity index (χ0v) is 14.4. The molecule has 0 aliphatic heterocycles. The van der Waals surface area contributed by atoms with Crippen molar-refractivity contribution >= 4 is 17.5 Å². The molecule has 2 N–H and O–H groups in total. The van der Waals surface area contributed by atoms with Gasteiger partial charge in [-0.1, -0.05) is 25.7 Å². The van der Waals surface area contributed by atoms with Crippen LogP contribution in [0.15, 0.2) is 18.2 Å². The summed E-state index contributed by atoms with van der Waals surface area (Å²) < 4.78 is 10.3. The molecule has 1 aromatic rings. The lowest BCUT2D eigenvalue weighted by Crippen LogP contribution is -2.36. The topological polar surface area (TPSA) is 76.7 Å². The molecule has 1 aromatic carbocycles. The van der Waals surface area contributed by atoms with Crippen LogP contribution in [0.2, 0.25) is 0 Å². The van der Waals surface area contributed by atoms with Crippen LogP contribution < -0.4 is 20.1 Å². The molecule has 2 amide bonds. The van der Waals surface area contributed by atoms with Gasteiger partial charge in [0.25, 0.3) is 0 Å². The normalized spacial score (nSPS) is 15.2. The number of carbonyl (C=O) groups excluding carboxylic acids is 2. The smallest absolute Gasteiger partial charge is 0.233 e. The van der Waals surface area contributed by atoms with Crippen LogP contribution in [0.3, 0.4) is 0 Å². The molecule has 1 saturated carbocycles. The van der Waals surface area contributed by atoms with Gasteiger partial charge in [-0.2, -0.15) is 0 Å². The largest absolute Gasteiger partial charge is 0.493 e. The van der Waals surface area contributed by atoms with Gasteiger partial charge in [0.15, 0.2) is 11.5 Å². The molecular weight excluding hydrogens is 308 g/mol. The highest BCUT2D eigenvalue weighted by Crippen LogP contribution is 2.29. The van der Waals surface area contributed by atoms with Crippen molar-refractivity contribution in [1.29, 1.82) is 0 Å². The van der Waals surface area contributed by atoms with E-state index in [4.69, 9.17) is 9.47 Å². The lowest BCUT2D eigenvalue weighted by molar-refractivity contribution is -0.127. The van der Waals surface area contributed by atoms with E-state index in [0.717, 1.165) is 25.7 Å². The SMILES string of the molecule is COc1ccc(NC(=O)CC(=O)NC2CCCCCC2)cc1OC. The zero-order valence-electron chi connectivity index (χ0n) is 14.4. The second-order valence-corrected chi connectivity index (χ2v) is 6.05. The van der Waals surface area contributed by atoms with Crippen molar-refractivity contribution in [3.63, 3.8) is 0 Å².